The van der Waals surface area contributed by atoms with E-state index in [-0.39, 0.29) is 12.0 Å². The Kier molecular flexibility index (Phi) is 3.09. The smallest absolute Gasteiger partial charge is 0.189 e. The normalized spacial score (nSPS) is 14.6. The van der Waals surface area contributed by atoms with Gasteiger partial charge in [-0.3, -0.25) is 9.48 Å². The Balaban J connectivity index is 2.04. The van der Waals surface area contributed by atoms with Gasteiger partial charge >= 0.3 is 0 Å². The minimum Gasteiger partial charge on any atom is -0.390 e. The number of aryl methyl sites for hydroxylation is 1. The maximum absolute atomic E-state index is 13.5. The molecule has 1 aliphatic carbocycles. The molecule has 0 bridgehead atoms. The van der Waals surface area contributed by atoms with Crippen LogP contribution in [0.4, 0.5) is 4.39 Å². The topological polar surface area (TPSA) is 60.0 Å². The number of halogens is 1. The van der Waals surface area contributed by atoms with Crippen LogP contribution >= 0.6 is 0 Å². The van der Waals surface area contributed by atoms with Gasteiger partial charge in [-0.25, -0.2) is 4.39 Å². The molecule has 3 aromatic rings. The monoisotopic (exact) mass is 313 g/mol. The molecule has 5 nitrogen and oxygen atoms in total. The third-order valence-electron chi connectivity index (χ3n) is 4.26. The molecule has 2 heterocycles. The van der Waals surface area contributed by atoms with E-state index in [1.165, 1.54) is 18.2 Å². The summed E-state index contributed by atoms with van der Waals surface area (Å²) in [5.74, 6) is -0.443. The van der Waals surface area contributed by atoms with Gasteiger partial charge in [0.15, 0.2) is 5.43 Å². The number of aromatic nitrogens is 3. The fourth-order valence-corrected chi connectivity index (χ4v) is 2.99. The molecule has 1 N–H and O–H groups in total. The third-order valence-corrected chi connectivity index (χ3v) is 4.26. The van der Waals surface area contributed by atoms with Crippen molar-refractivity contribution in [3.8, 4) is 5.69 Å². The first-order valence-corrected chi connectivity index (χ1v) is 7.59. The lowest BCUT2D eigenvalue weighted by Crippen LogP contribution is -2.11. The van der Waals surface area contributed by atoms with Gasteiger partial charge in [0.05, 0.1) is 23.9 Å². The first-order valence-electron chi connectivity index (χ1n) is 7.59. The Morgan fingerprint density at radius 1 is 1.35 bits per heavy atom. The van der Waals surface area contributed by atoms with E-state index in [2.05, 4.69) is 5.10 Å². The molecule has 118 valence electrons. The summed E-state index contributed by atoms with van der Waals surface area (Å²) in [6, 6.07) is 6.04. The van der Waals surface area contributed by atoms with Crippen LogP contribution in [0, 0.1) is 12.7 Å². The number of benzene rings is 1. The van der Waals surface area contributed by atoms with Gasteiger partial charge in [0.2, 0.25) is 0 Å². The number of hydrogen-bond acceptors (Lipinski definition) is 3. The minimum atomic E-state index is -0.443. The summed E-state index contributed by atoms with van der Waals surface area (Å²) < 4.78 is 17.2. The summed E-state index contributed by atoms with van der Waals surface area (Å²) in [7, 11) is 0. The Morgan fingerprint density at radius 2 is 2.13 bits per heavy atom. The van der Waals surface area contributed by atoms with Gasteiger partial charge in [-0.1, -0.05) is 0 Å². The Labute approximate surface area is 131 Å². The van der Waals surface area contributed by atoms with E-state index in [0.29, 0.717) is 22.6 Å². The second kappa shape index (κ2) is 5.03. The van der Waals surface area contributed by atoms with Crippen molar-refractivity contribution in [3.05, 3.63) is 57.9 Å². The van der Waals surface area contributed by atoms with Crippen LogP contribution in [0.2, 0.25) is 0 Å². The van der Waals surface area contributed by atoms with Gasteiger partial charge in [-0.2, -0.15) is 5.10 Å². The SMILES string of the molecule is Cc1cc(=O)c2cc(F)ccc2n1-c1cn(C2CC2)nc1CO. The predicted octanol–water partition coefficient (Wildman–Crippen LogP) is 2.46. The molecule has 1 fully saturated rings. The van der Waals surface area contributed by atoms with Crippen LogP contribution < -0.4 is 5.43 Å². The number of fused-ring (bicyclic) bond motifs is 1. The highest BCUT2D eigenvalue weighted by Crippen LogP contribution is 2.35. The van der Waals surface area contributed by atoms with Crippen molar-refractivity contribution in [1.29, 1.82) is 0 Å². The molecule has 4 rings (SSSR count). The zero-order chi connectivity index (χ0) is 16.1. The first kappa shape index (κ1) is 14.1. The van der Waals surface area contributed by atoms with E-state index in [0.717, 1.165) is 24.2 Å². The average molecular weight is 313 g/mol. The van der Waals surface area contributed by atoms with Gasteiger partial charge in [-0.15, -0.1) is 0 Å². The van der Waals surface area contributed by atoms with Crippen molar-refractivity contribution < 1.29 is 9.50 Å². The summed E-state index contributed by atoms with van der Waals surface area (Å²) in [4.78, 5) is 12.2. The van der Waals surface area contributed by atoms with Crippen LogP contribution in [0.3, 0.4) is 0 Å². The number of pyridine rings is 1. The standard InChI is InChI=1S/C17H16FN3O2/c1-10-6-17(23)13-7-11(18)2-5-15(13)21(10)16-8-20(12-3-4-12)19-14(16)9-22/h2,5-8,12,22H,3-4,9H2,1H3. The Morgan fingerprint density at radius 3 is 2.83 bits per heavy atom. The van der Waals surface area contributed by atoms with E-state index in [1.807, 2.05) is 22.4 Å². The quantitative estimate of drug-likeness (QED) is 0.808. The summed E-state index contributed by atoms with van der Waals surface area (Å²) in [6.45, 7) is 1.63. The highest BCUT2D eigenvalue weighted by molar-refractivity contribution is 5.81. The number of hydrogen-bond donors (Lipinski definition) is 1. The van der Waals surface area contributed by atoms with Gasteiger partial charge < -0.3 is 9.67 Å². The van der Waals surface area contributed by atoms with Crippen molar-refractivity contribution in [1.82, 2.24) is 14.3 Å². The number of aliphatic hydroxyl groups excluding tert-OH is 1. The van der Waals surface area contributed by atoms with Crippen molar-refractivity contribution in [2.24, 2.45) is 0 Å². The van der Waals surface area contributed by atoms with Crippen LogP contribution in [0.5, 0.6) is 0 Å². The van der Waals surface area contributed by atoms with Crippen molar-refractivity contribution in [2.75, 3.05) is 0 Å². The molecule has 0 atom stereocenters. The summed E-state index contributed by atoms with van der Waals surface area (Å²) in [5.41, 5.74) is 2.40. The molecule has 0 spiro atoms. The zero-order valence-electron chi connectivity index (χ0n) is 12.7. The van der Waals surface area contributed by atoms with E-state index in [9.17, 15) is 14.3 Å². The third kappa shape index (κ3) is 2.26. The molecule has 6 heteroatoms. The zero-order valence-corrected chi connectivity index (χ0v) is 12.7. The van der Waals surface area contributed by atoms with Crippen molar-refractivity contribution in [2.45, 2.75) is 32.4 Å². The van der Waals surface area contributed by atoms with Crippen LogP contribution in [0.15, 0.2) is 35.3 Å². The molecule has 2 aromatic heterocycles. The first-order chi connectivity index (χ1) is 11.1. The molecular weight excluding hydrogens is 297 g/mol. The molecular formula is C17H16FN3O2. The molecule has 0 saturated heterocycles. The van der Waals surface area contributed by atoms with Gasteiger partial charge in [0.1, 0.15) is 11.5 Å². The van der Waals surface area contributed by atoms with Crippen molar-refractivity contribution >= 4 is 10.9 Å². The van der Waals surface area contributed by atoms with Crippen molar-refractivity contribution in [3.63, 3.8) is 0 Å². The fraction of sp³-hybridized carbons (Fsp3) is 0.294. The largest absolute Gasteiger partial charge is 0.390 e. The molecule has 23 heavy (non-hydrogen) atoms. The molecule has 1 aromatic carbocycles. The molecule has 0 unspecified atom stereocenters. The lowest BCUT2D eigenvalue weighted by molar-refractivity contribution is 0.275. The summed E-state index contributed by atoms with van der Waals surface area (Å²) in [6.07, 6.45) is 4.06. The van der Waals surface area contributed by atoms with E-state index in [1.54, 1.807) is 6.07 Å². The molecule has 1 saturated carbocycles. The van der Waals surface area contributed by atoms with Crippen LogP contribution in [0.25, 0.3) is 16.6 Å². The Hall–Kier alpha value is -2.47. The molecule has 0 radical (unpaired) electrons. The maximum Gasteiger partial charge on any atom is 0.189 e. The summed E-state index contributed by atoms with van der Waals surface area (Å²) >= 11 is 0. The molecule has 0 amide bonds. The second-order valence-electron chi connectivity index (χ2n) is 5.98. The van der Waals surface area contributed by atoms with Gasteiger partial charge in [0.25, 0.3) is 0 Å². The van der Waals surface area contributed by atoms with E-state index in [4.69, 9.17) is 0 Å². The van der Waals surface area contributed by atoms with Gasteiger partial charge in [-0.05, 0) is 38.0 Å². The number of nitrogens with zero attached hydrogens (tertiary/aromatic N) is 3. The van der Waals surface area contributed by atoms with Crippen LogP contribution in [-0.2, 0) is 6.61 Å². The lowest BCUT2D eigenvalue weighted by Gasteiger charge is -2.14. The molecule has 1 aliphatic rings. The Bertz CT molecular complexity index is 970. The number of rotatable bonds is 3. The number of aliphatic hydroxyl groups is 1. The van der Waals surface area contributed by atoms with E-state index >= 15 is 0 Å². The average Bonchev–Trinajstić information content (AvgIpc) is 3.29. The molecule has 0 aliphatic heterocycles. The predicted molar refractivity (Wildman–Crippen MR) is 84.2 cm³/mol. The lowest BCUT2D eigenvalue weighted by atomic mass is 10.1. The van der Waals surface area contributed by atoms with Gasteiger partial charge in [0, 0.05) is 23.3 Å². The van der Waals surface area contributed by atoms with E-state index < -0.39 is 5.82 Å². The van der Waals surface area contributed by atoms with Crippen LogP contribution in [0.1, 0.15) is 30.3 Å². The summed E-state index contributed by atoms with van der Waals surface area (Å²) in [5, 5.41) is 14.4. The highest BCUT2D eigenvalue weighted by atomic mass is 19.1. The second-order valence-corrected chi connectivity index (χ2v) is 5.98. The highest BCUT2D eigenvalue weighted by Gasteiger charge is 2.26. The maximum atomic E-state index is 13.5. The van der Waals surface area contributed by atoms with Crippen LogP contribution in [-0.4, -0.2) is 19.5 Å². The fourth-order valence-electron chi connectivity index (χ4n) is 2.99. The minimum absolute atomic E-state index is 0.191.